The quantitative estimate of drug-likeness (QED) is 0.339. The molecule has 0 amide bonds. The van der Waals surface area contributed by atoms with Gasteiger partial charge in [-0.05, 0) is 70.9 Å². The largest absolute Gasteiger partial charge is 0.493 e. The molecular weight excluding hydrogens is 446 g/mol. The van der Waals surface area contributed by atoms with Gasteiger partial charge in [0.1, 0.15) is 22.6 Å². The highest BCUT2D eigenvalue weighted by molar-refractivity contribution is 5.93. The summed E-state index contributed by atoms with van der Waals surface area (Å²) in [7, 11) is 0. The number of hydrogen-bond acceptors (Lipinski definition) is 7. The van der Waals surface area contributed by atoms with E-state index in [1.165, 1.54) is 0 Å². The van der Waals surface area contributed by atoms with Gasteiger partial charge in [-0.25, -0.2) is 9.59 Å². The lowest BCUT2D eigenvalue weighted by Gasteiger charge is -2.11. The highest BCUT2D eigenvalue weighted by Crippen LogP contribution is 2.24. The Balaban J connectivity index is 0.000000642. The molecule has 2 rings (SSSR count). The average molecular weight is 490 g/mol. The molecule has 2 aromatic rings. The third kappa shape index (κ3) is 10.7. The van der Waals surface area contributed by atoms with E-state index in [1.807, 2.05) is 51.1 Å². The lowest BCUT2D eigenvalue weighted by molar-refractivity contribution is 0.0512. The van der Waals surface area contributed by atoms with Gasteiger partial charge in [-0.15, -0.1) is 0 Å². The minimum atomic E-state index is -0.348. The van der Waals surface area contributed by atoms with Crippen molar-refractivity contribution >= 4 is 17.6 Å². The molecule has 0 aliphatic rings. The smallest absolute Gasteiger partial charge is 0.341 e. The van der Waals surface area contributed by atoms with E-state index in [0.717, 1.165) is 30.6 Å². The zero-order chi connectivity index (χ0) is 25.3. The second kappa shape index (κ2) is 18.2. The highest BCUT2D eigenvalue weighted by atomic mass is 16.5. The number of rotatable bonds is 12. The van der Waals surface area contributed by atoms with Crippen LogP contribution in [-0.2, 0) is 15.9 Å². The Morgan fingerprint density at radius 1 is 0.714 bits per heavy atom. The van der Waals surface area contributed by atoms with E-state index in [0.29, 0.717) is 49.1 Å². The molecule has 0 atom stereocenters. The number of aryl methyl sites for hydroxylation is 1. The van der Waals surface area contributed by atoms with Crippen LogP contribution in [0.15, 0.2) is 36.4 Å². The molecule has 0 aliphatic heterocycles. The van der Waals surface area contributed by atoms with Gasteiger partial charge in [0.15, 0.2) is 0 Å². The average Bonchev–Trinajstić information content (AvgIpc) is 2.82. The number of carbonyl (C=O) groups excluding carboxylic acids is 2. The lowest BCUT2D eigenvalue weighted by Crippen LogP contribution is -2.08. The molecule has 0 unspecified atom stereocenters. The molecule has 0 aliphatic carbocycles. The Kier molecular flexibility index (Phi) is 16.5. The monoisotopic (exact) mass is 489 g/mol. The van der Waals surface area contributed by atoms with E-state index in [1.54, 1.807) is 19.9 Å². The number of benzene rings is 2. The Morgan fingerprint density at radius 2 is 1.31 bits per heavy atom. The van der Waals surface area contributed by atoms with Crippen LogP contribution in [0, 0.1) is 0 Å². The van der Waals surface area contributed by atoms with Crippen LogP contribution in [0.3, 0.4) is 0 Å². The van der Waals surface area contributed by atoms with E-state index < -0.39 is 0 Å². The van der Waals surface area contributed by atoms with E-state index in [9.17, 15) is 9.59 Å². The predicted molar refractivity (Wildman–Crippen MR) is 142 cm³/mol. The second-order valence-electron chi connectivity index (χ2n) is 7.13. The summed E-state index contributed by atoms with van der Waals surface area (Å²) in [4.78, 5) is 23.5. The second-order valence-corrected chi connectivity index (χ2v) is 7.13. The zero-order valence-electron chi connectivity index (χ0n) is 21.4. The van der Waals surface area contributed by atoms with Crippen molar-refractivity contribution in [1.29, 1.82) is 0 Å². The normalized spacial score (nSPS) is 9.66. The predicted octanol–water partition coefficient (Wildman–Crippen LogP) is 6.54. The van der Waals surface area contributed by atoms with Crippen LogP contribution >= 0.6 is 0 Å². The van der Waals surface area contributed by atoms with Crippen molar-refractivity contribution < 1.29 is 28.5 Å². The lowest BCUT2D eigenvalue weighted by atomic mass is 10.1. The summed E-state index contributed by atoms with van der Waals surface area (Å²) in [6.07, 6.45) is 2.01. The van der Waals surface area contributed by atoms with Gasteiger partial charge in [-0.2, -0.15) is 0 Å². The topological polar surface area (TPSA) is 83.1 Å². The van der Waals surface area contributed by atoms with Gasteiger partial charge >= 0.3 is 11.9 Å². The minimum Gasteiger partial charge on any atom is -0.493 e. The molecule has 0 fully saturated rings. The maximum absolute atomic E-state index is 11.8. The fourth-order valence-corrected chi connectivity index (χ4v) is 3.16. The van der Waals surface area contributed by atoms with Gasteiger partial charge in [-0.1, -0.05) is 26.8 Å². The molecule has 196 valence electrons. The Labute approximate surface area is 211 Å². The maximum Gasteiger partial charge on any atom is 0.341 e. The van der Waals surface area contributed by atoms with Gasteiger partial charge < -0.3 is 24.3 Å². The van der Waals surface area contributed by atoms with Gasteiger partial charge in [-0.3, -0.25) is 0 Å². The fraction of sp³-hybridized carbons (Fsp3) is 0.500. The highest BCUT2D eigenvalue weighted by Gasteiger charge is 2.15. The molecule has 2 aromatic carbocycles. The first kappa shape index (κ1) is 31.8. The molecule has 0 radical (unpaired) electrons. The van der Waals surface area contributed by atoms with Crippen LogP contribution in [0.25, 0.3) is 0 Å². The molecule has 7 heteroatoms. The van der Waals surface area contributed by atoms with Crippen molar-refractivity contribution in [2.45, 2.75) is 61.8 Å². The Morgan fingerprint density at radius 3 is 1.86 bits per heavy atom. The molecule has 35 heavy (non-hydrogen) atoms. The van der Waals surface area contributed by atoms with Crippen molar-refractivity contribution in [3.8, 4) is 11.5 Å². The SMILES string of the molecule is C.CCCc1ccc(OCC)c(C(=O)OCC)c1.CCNc1ccc(C(=O)OCC)c(OCC)c1. The number of ether oxygens (including phenoxy) is 4. The number of anilines is 1. The first-order valence-electron chi connectivity index (χ1n) is 12.1. The Bertz CT molecular complexity index is 897. The summed E-state index contributed by atoms with van der Waals surface area (Å²) < 4.78 is 20.9. The van der Waals surface area contributed by atoms with Crippen molar-refractivity contribution in [2.75, 3.05) is 38.3 Å². The van der Waals surface area contributed by atoms with Gasteiger partial charge in [0.05, 0.1) is 26.4 Å². The third-order valence-electron chi connectivity index (χ3n) is 4.54. The summed E-state index contributed by atoms with van der Waals surface area (Å²) in [5.41, 5.74) is 3.07. The van der Waals surface area contributed by atoms with Gasteiger partial charge in [0.25, 0.3) is 0 Å². The third-order valence-corrected chi connectivity index (χ3v) is 4.54. The van der Waals surface area contributed by atoms with Crippen molar-refractivity contribution in [2.24, 2.45) is 0 Å². The maximum atomic E-state index is 11.8. The van der Waals surface area contributed by atoms with Crippen LogP contribution in [0.2, 0.25) is 0 Å². The number of hydrogen-bond donors (Lipinski definition) is 1. The minimum absolute atomic E-state index is 0. The van der Waals surface area contributed by atoms with Crippen molar-refractivity contribution in [3.05, 3.63) is 53.1 Å². The van der Waals surface area contributed by atoms with Crippen LogP contribution in [0.1, 0.15) is 81.7 Å². The summed E-state index contributed by atoms with van der Waals surface area (Å²) in [5, 5.41) is 3.17. The first-order valence-corrected chi connectivity index (χ1v) is 12.1. The standard InChI is InChI=1S/C14H20O3.C13H19NO3.CH4/c1-4-7-11-8-9-13(16-5-2)12(10-11)14(15)17-6-3;1-4-14-10-7-8-11(13(15)17-6-3)12(9-10)16-5-2;/h8-10H,4-7H2,1-3H3;7-9,14H,4-6H2,1-3H3;1H4. The van der Waals surface area contributed by atoms with Crippen LogP contribution in [-0.4, -0.2) is 44.9 Å². The summed E-state index contributed by atoms with van der Waals surface area (Å²) in [5.74, 6) is 0.503. The van der Waals surface area contributed by atoms with Gasteiger partial charge in [0.2, 0.25) is 0 Å². The van der Waals surface area contributed by atoms with E-state index >= 15 is 0 Å². The molecule has 0 aromatic heterocycles. The van der Waals surface area contributed by atoms with Crippen LogP contribution < -0.4 is 14.8 Å². The van der Waals surface area contributed by atoms with E-state index in [4.69, 9.17) is 18.9 Å². The molecule has 1 N–H and O–H groups in total. The summed E-state index contributed by atoms with van der Waals surface area (Å²) in [6, 6.07) is 11.1. The van der Waals surface area contributed by atoms with Crippen LogP contribution in [0.4, 0.5) is 5.69 Å². The molecule has 0 saturated carbocycles. The Hall–Kier alpha value is -3.22. The van der Waals surface area contributed by atoms with E-state index in [-0.39, 0.29) is 19.4 Å². The molecular formula is C28H43NO6. The summed E-state index contributed by atoms with van der Waals surface area (Å²) in [6.45, 7) is 14.1. The molecule has 0 spiro atoms. The molecule has 0 bridgehead atoms. The molecule has 7 nitrogen and oxygen atoms in total. The number of esters is 2. The molecule has 0 saturated heterocycles. The number of carbonyl (C=O) groups is 2. The first-order chi connectivity index (χ1) is 16.4. The summed E-state index contributed by atoms with van der Waals surface area (Å²) >= 11 is 0. The van der Waals surface area contributed by atoms with Crippen LogP contribution in [0.5, 0.6) is 11.5 Å². The zero-order valence-corrected chi connectivity index (χ0v) is 21.4. The van der Waals surface area contributed by atoms with Gasteiger partial charge in [0, 0.05) is 18.3 Å². The molecule has 0 heterocycles. The van der Waals surface area contributed by atoms with Crippen molar-refractivity contribution in [3.63, 3.8) is 0 Å². The fourth-order valence-electron chi connectivity index (χ4n) is 3.16. The van der Waals surface area contributed by atoms with Crippen molar-refractivity contribution in [1.82, 2.24) is 0 Å². The number of nitrogens with one attached hydrogen (secondary N) is 1. The van der Waals surface area contributed by atoms with E-state index in [2.05, 4.69) is 12.2 Å².